The smallest absolute Gasteiger partial charge is 0.257 e. The van der Waals surface area contributed by atoms with Gasteiger partial charge in [-0.15, -0.1) is 11.8 Å². The topological polar surface area (TPSA) is 32.8 Å². The van der Waals surface area contributed by atoms with E-state index in [-0.39, 0.29) is 5.91 Å². The van der Waals surface area contributed by atoms with Crippen molar-refractivity contribution in [3.8, 4) is 5.75 Å². The maximum absolute atomic E-state index is 12.9. The predicted molar refractivity (Wildman–Crippen MR) is 113 cm³/mol. The number of amides is 1. The van der Waals surface area contributed by atoms with Gasteiger partial charge in [0.15, 0.2) is 0 Å². The molecule has 5 heteroatoms. The zero-order valence-corrected chi connectivity index (χ0v) is 16.7. The third-order valence-corrected chi connectivity index (χ3v) is 5.50. The molecule has 0 atom stereocenters. The molecule has 0 radical (unpaired) electrons. The molecule has 0 aliphatic carbocycles. The van der Waals surface area contributed by atoms with Crippen LogP contribution in [0.5, 0.6) is 5.75 Å². The highest BCUT2D eigenvalue weighted by atomic mass is 32.2. The minimum Gasteiger partial charge on any atom is -0.496 e. The Labute approximate surface area is 165 Å². The molecule has 142 valence electrons. The van der Waals surface area contributed by atoms with E-state index in [0.717, 1.165) is 37.6 Å². The fourth-order valence-corrected chi connectivity index (χ4v) is 3.61. The summed E-state index contributed by atoms with van der Waals surface area (Å²) in [5.41, 5.74) is 1.86. The van der Waals surface area contributed by atoms with Crippen LogP contribution >= 0.6 is 11.8 Å². The molecule has 2 aromatic carbocycles. The van der Waals surface area contributed by atoms with Gasteiger partial charge < -0.3 is 9.64 Å². The number of thioether (sulfide) groups is 1. The van der Waals surface area contributed by atoms with Crippen molar-refractivity contribution in [1.29, 1.82) is 0 Å². The molecule has 1 saturated heterocycles. The van der Waals surface area contributed by atoms with Gasteiger partial charge in [0, 0.05) is 37.6 Å². The Morgan fingerprint density at radius 1 is 1.11 bits per heavy atom. The second-order valence-electron chi connectivity index (χ2n) is 6.47. The van der Waals surface area contributed by atoms with E-state index in [2.05, 4.69) is 29.2 Å². The van der Waals surface area contributed by atoms with Gasteiger partial charge in [-0.1, -0.05) is 42.5 Å². The molecule has 1 aliphatic rings. The van der Waals surface area contributed by atoms with E-state index >= 15 is 0 Å². The van der Waals surface area contributed by atoms with Crippen molar-refractivity contribution in [3.05, 3.63) is 65.7 Å². The van der Waals surface area contributed by atoms with Crippen LogP contribution < -0.4 is 4.74 Å². The standard InChI is InChI=1S/C22H26N2O2S/c1-26-21-17-19(27-2)10-11-20(21)22(25)24-15-13-23(14-16-24)12-6-9-18-7-4-3-5-8-18/h3-11,17H,12-16H2,1-2H3/b9-6+. The number of piperazine rings is 1. The Bertz CT molecular complexity index is 784. The maximum atomic E-state index is 12.9. The quantitative estimate of drug-likeness (QED) is 0.710. The Kier molecular flexibility index (Phi) is 6.96. The van der Waals surface area contributed by atoms with Crippen LogP contribution in [-0.2, 0) is 0 Å². The number of benzene rings is 2. The molecular weight excluding hydrogens is 356 g/mol. The molecule has 3 rings (SSSR count). The highest BCUT2D eigenvalue weighted by Gasteiger charge is 2.24. The molecule has 4 nitrogen and oxygen atoms in total. The number of hydrogen-bond acceptors (Lipinski definition) is 4. The molecule has 0 spiro atoms. The minimum atomic E-state index is 0.0546. The normalized spacial score (nSPS) is 15.3. The lowest BCUT2D eigenvalue weighted by Crippen LogP contribution is -2.48. The molecule has 1 fully saturated rings. The molecule has 27 heavy (non-hydrogen) atoms. The summed E-state index contributed by atoms with van der Waals surface area (Å²) < 4.78 is 5.44. The van der Waals surface area contributed by atoms with Crippen LogP contribution in [0.25, 0.3) is 6.08 Å². The Morgan fingerprint density at radius 2 is 1.85 bits per heavy atom. The van der Waals surface area contributed by atoms with E-state index in [1.807, 2.05) is 47.6 Å². The van der Waals surface area contributed by atoms with Gasteiger partial charge in [-0.2, -0.15) is 0 Å². The highest BCUT2D eigenvalue weighted by molar-refractivity contribution is 7.98. The zero-order chi connectivity index (χ0) is 19.1. The van der Waals surface area contributed by atoms with Gasteiger partial charge in [0.2, 0.25) is 0 Å². The van der Waals surface area contributed by atoms with Crippen LogP contribution in [0.3, 0.4) is 0 Å². The van der Waals surface area contributed by atoms with Gasteiger partial charge in [0.25, 0.3) is 5.91 Å². The molecule has 0 saturated carbocycles. The summed E-state index contributed by atoms with van der Waals surface area (Å²) in [6, 6.07) is 16.1. The summed E-state index contributed by atoms with van der Waals surface area (Å²) in [7, 11) is 1.62. The van der Waals surface area contributed by atoms with Crippen molar-refractivity contribution < 1.29 is 9.53 Å². The van der Waals surface area contributed by atoms with E-state index in [9.17, 15) is 4.79 Å². The Morgan fingerprint density at radius 3 is 2.52 bits per heavy atom. The van der Waals surface area contributed by atoms with Crippen LogP contribution in [0.15, 0.2) is 59.5 Å². The second-order valence-corrected chi connectivity index (χ2v) is 7.35. The third kappa shape index (κ3) is 5.15. The van der Waals surface area contributed by atoms with Crippen molar-refractivity contribution in [1.82, 2.24) is 9.80 Å². The first-order valence-corrected chi connectivity index (χ1v) is 10.4. The lowest BCUT2D eigenvalue weighted by molar-refractivity contribution is 0.0647. The monoisotopic (exact) mass is 382 g/mol. The largest absolute Gasteiger partial charge is 0.496 e. The Balaban J connectivity index is 1.54. The fourth-order valence-electron chi connectivity index (χ4n) is 3.18. The zero-order valence-electron chi connectivity index (χ0n) is 15.9. The van der Waals surface area contributed by atoms with Gasteiger partial charge >= 0.3 is 0 Å². The summed E-state index contributed by atoms with van der Waals surface area (Å²) in [4.78, 5) is 18.3. The third-order valence-electron chi connectivity index (χ3n) is 4.77. The van der Waals surface area contributed by atoms with E-state index in [1.165, 1.54) is 5.56 Å². The number of nitrogens with zero attached hydrogens (tertiary/aromatic N) is 2. The average Bonchev–Trinajstić information content (AvgIpc) is 2.74. The van der Waals surface area contributed by atoms with E-state index in [4.69, 9.17) is 4.74 Å². The molecule has 0 N–H and O–H groups in total. The first-order valence-electron chi connectivity index (χ1n) is 9.16. The lowest BCUT2D eigenvalue weighted by atomic mass is 10.1. The van der Waals surface area contributed by atoms with Gasteiger partial charge in [-0.05, 0) is 30.0 Å². The molecule has 1 aliphatic heterocycles. The summed E-state index contributed by atoms with van der Waals surface area (Å²) in [5.74, 6) is 0.707. The number of carbonyl (C=O) groups excluding carboxylic acids is 1. The molecule has 1 heterocycles. The van der Waals surface area contributed by atoms with Crippen molar-refractivity contribution in [2.75, 3.05) is 46.1 Å². The van der Waals surface area contributed by atoms with Gasteiger partial charge in [0.1, 0.15) is 5.75 Å². The number of carbonyl (C=O) groups is 1. The van der Waals surface area contributed by atoms with E-state index in [1.54, 1.807) is 18.9 Å². The number of hydrogen-bond donors (Lipinski definition) is 0. The number of rotatable bonds is 6. The fraction of sp³-hybridized carbons (Fsp3) is 0.318. The lowest BCUT2D eigenvalue weighted by Gasteiger charge is -2.34. The van der Waals surface area contributed by atoms with E-state index < -0.39 is 0 Å². The predicted octanol–water partition coefficient (Wildman–Crippen LogP) is 3.89. The second kappa shape index (κ2) is 9.62. The van der Waals surface area contributed by atoms with Gasteiger partial charge in [-0.25, -0.2) is 0 Å². The summed E-state index contributed by atoms with van der Waals surface area (Å²) in [6.07, 6.45) is 6.36. The summed E-state index contributed by atoms with van der Waals surface area (Å²) in [6.45, 7) is 4.16. The summed E-state index contributed by atoms with van der Waals surface area (Å²) in [5, 5.41) is 0. The van der Waals surface area contributed by atoms with Crippen LogP contribution in [0.2, 0.25) is 0 Å². The van der Waals surface area contributed by atoms with Gasteiger partial charge in [0.05, 0.1) is 12.7 Å². The van der Waals surface area contributed by atoms with Crippen molar-refractivity contribution in [3.63, 3.8) is 0 Å². The first-order chi connectivity index (χ1) is 13.2. The van der Waals surface area contributed by atoms with E-state index in [0.29, 0.717) is 11.3 Å². The number of ether oxygens (including phenoxy) is 1. The van der Waals surface area contributed by atoms with Crippen LogP contribution in [0.4, 0.5) is 0 Å². The molecule has 0 unspecified atom stereocenters. The van der Waals surface area contributed by atoms with Crippen molar-refractivity contribution in [2.24, 2.45) is 0 Å². The van der Waals surface area contributed by atoms with Crippen molar-refractivity contribution in [2.45, 2.75) is 4.90 Å². The molecular formula is C22H26N2O2S. The number of methoxy groups -OCH3 is 1. The van der Waals surface area contributed by atoms with Crippen molar-refractivity contribution >= 4 is 23.7 Å². The summed E-state index contributed by atoms with van der Waals surface area (Å²) >= 11 is 1.64. The van der Waals surface area contributed by atoms with Gasteiger partial charge in [-0.3, -0.25) is 9.69 Å². The SMILES string of the molecule is COc1cc(SC)ccc1C(=O)N1CCN(C/C=C/c2ccccc2)CC1. The Hall–Kier alpha value is -2.24. The molecule has 0 aromatic heterocycles. The maximum Gasteiger partial charge on any atom is 0.257 e. The van der Waals surface area contributed by atoms with Crippen LogP contribution in [0, 0.1) is 0 Å². The average molecular weight is 383 g/mol. The first kappa shape index (κ1) is 19.5. The minimum absolute atomic E-state index is 0.0546. The highest BCUT2D eigenvalue weighted by Crippen LogP contribution is 2.26. The van der Waals surface area contributed by atoms with Crippen LogP contribution in [0.1, 0.15) is 15.9 Å². The molecule has 0 bridgehead atoms. The molecule has 2 aromatic rings. The van der Waals surface area contributed by atoms with Crippen LogP contribution in [-0.4, -0.2) is 61.8 Å². The molecule has 1 amide bonds.